The van der Waals surface area contributed by atoms with Crippen LogP contribution in [0.2, 0.25) is 0 Å². The number of nitrogens with zero attached hydrogens (tertiary/aromatic N) is 4. The Labute approximate surface area is 304 Å². The van der Waals surface area contributed by atoms with Gasteiger partial charge in [0.15, 0.2) is 0 Å². The number of carbonyl (C=O) groups excluding carboxylic acids is 3. The number of likely N-dealkylation sites (tertiary alicyclic amines) is 2. The van der Waals surface area contributed by atoms with Gasteiger partial charge < -0.3 is 29.7 Å². The number of alkyl carbamates (subject to hydrolysis) is 1. The molecule has 2 aromatic heterocycles. The fourth-order valence-electron chi connectivity index (χ4n) is 7.61. The van der Waals surface area contributed by atoms with Crippen molar-refractivity contribution in [3.63, 3.8) is 0 Å². The molecule has 0 radical (unpaired) electrons. The highest BCUT2D eigenvalue weighted by Crippen LogP contribution is 2.53. The SMILES string of the molecule is COC(=O)N[C@H](C(=O)N1[C@H](C)CC[C@H]1c1nc(-c2ccc3cc(C#Cc4c[nH]c([C@@H]5C[C@H]6CC6N5C(=O)OC(C)(C)C)n4)ccc3c2)c[nH]1)C(C)C. The van der Waals surface area contributed by atoms with Crippen molar-refractivity contribution in [3.05, 3.63) is 71.7 Å². The molecule has 3 amide bonds. The van der Waals surface area contributed by atoms with E-state index < -0.39 is 17.7 Å². The molecule has 12 nitrogen and oxygen atoms in total. The number of aromatic nitrogens is 4. The molecule has 2 aliphatic heterocycles. The molecule has 272 valence electrons. The molecule has 0 spiro atoms. The minimum absolute atomic E-state index is 0.00657. The van der Waals surface area contributed by atoms with Gasteiger partial charge in [0.05, 0.1) is 24.9 Å². The van der Waals surface area contributed by atoms with Crippen molar-refractivity contribution in [2.45, 2.75) is 103 Å². The molecule has 1 unspecified atom stereocenters. The number of piperidine rings is 1. The average molecular weight is 706 g/mol. The molecule has 0 bridgehead atoms. The number of aromatic amines is 2. The second kappa shape index (κ2) is 13.7. The first-order chi connectivity index (χ1) is 24.8. The number of hydrogen-bond donors (Lipinski definition) is 3. The van der Waals surface area contributed by atoms with Crippen LogP contribution in [0.15, 0.2) is 48.8 Å². The normalized spacial score (nSPS) is 22.9. The van der Waals surface area contributed by atoms with Crippen LogP contribution in [-0.2, 0) is 14.3 Å². The van der Waals surface area contributed by atoms with Gasteiger partial charge in [0.2, 0.25) is 5.91 Å². The average Bonchev–Trinajstić information content (AvgIpc) is 3.58. The van der Waals surface area contributed by atoms with E-state index in [0.29, 0.717) is 11.6 Å². The van der Waals surface area contributed by atoms with Gasteiger partial charge in [0, 0.05) is 35.6 Å². The minimum atomic E-state index is -0.698. The van der Waals surface area contributed by atoms with E-state index in [9.17, 15) is 14.4 Å². The number of methoxy groups -OCH3 is 1. The van der Waals surface area contributed by atoms with E-state index in [1.54, 1.807) is 6.20 Å². The molecule has 6 atom stereocenters. The quantitative estimate of drug-likeness (QED) is 0.186. The lowest BCUT2D eigenvalue weighted by Crippen LogP contribution is -2.52. The summed E-state index contributed by atoms with van der Waals surface area (Å²) in [6, 6.07) is 11.5. The molecule has 4 heterocycles. The van der Waals surface area contributed by atoms with Crippen LogP contribution >= 0.6 is 0 Å². The highest BCUT2D eigenvalue weighted by atomic mass is 16.6. The first kappa shape index (κ1) is 35.1. The van der Waals surface area contributed by atoms with E-state index in [0.717, 1.165) is 64.9 Å². The van der Waals surface area contributed by atoms with E-state index in [2.05, 4.69) is 51.4 Å². The molecule has 4 aromatic rings. The van der Waals surface area contributed by atoms with Crippen LogP contribution < -0.4 is 5.32 Å². The van der Waals surface area contributed by atoms with Gasteiger partial charge in [-0.1, -0.05) is 38.0 Å². The first-order valence-electron chi connectivity index (χ1n) is 18.1. The van der Waals surface area contributed by atoms with Gasteiger partial charge in [-0.2, -0.15) is 0 Å². The van der Waals surface area contributed by atoms with Crippen LogP contribution in [0.1, 0.15) is 102 Å². The summed E-state index contributed by atoms with van der Waals surface area (Å²) in [6.07, 6.45) is 6.29. The van der Waals surface area contributed by atoms with Crippen molar-refractivity contribution >= 4 is 28.9 Å². The Morgan fingerprint density at radius 3 is 2.40 bits per heavy atom. The number of rotatable bonds is 6. The Balaban J connectivity index is 1.04. The van der Waals surface area contributed by atoms with Crippen molar-refractivity contribution in [3.8, 4) is 23.1 Å². The second-order valence-electron chi connectivity index (χ2n) is 15.6. The Morgan fingerprint density at radius 2 is 1.65 bits per heavy atom. The topological polar surface area (TPSA) is 146 Å². The van der Waals surface area contributed by atoms with Crippen LogP contribution in [-0.4, -0.2) is 78.7 Å². The molecule has 3 aliphatic rings. The first-order valence-corrected chi connectivity index (χ1v) is 18.1. The largest absolute Gasteiger partial charge is 0.453 e. The van der Waals surface area contributed by atoms with Crippen LogP contribution in [0.3, 0.4) is 0 Å². The number of fused-ring (bicyclic) bond motifs is 2. The number of imidazole rings is 2. The van der Waals surface area contributed by atoms with Crippen LogP contribution in [0.4, 0.5) is 9.59 Å². The molecule has 3 fully saturated rings. The molecule has 1 saturated carbocycles. The number of benzene rings is 2. The van der Waals surface area contributed by atoms with Crippen molar-refractivity contribution in [1.29, 1.82) is 0 Å². The zero-order chi connectivity index (χ0) is 36.9. The van der Waals surface area contributed by atoms with Crippen LogP contribution in [0.5, 0.6) is 0 Å². The van der Waals surface area contributed by atoms with Gasteiger partial charge in [0.1, 0.15) is 29.0 Å². The molecule has 52 heavy (non-hydrogen) atoms. The highest BCUT2D eigenvalue weighted by Gasteiger charge is 2.56. The third-order valence-corrected chi connectivity index (χ3v) is 10.3. The summed E-state index contributed by atoms with van der Waals surface area (Å²) in [6.45, 7) is 11.5. The molecule has 12 heteroatoms. The Bertz CT molecular complexity index is 2070. The van der Waals surface area contributed by atoms with E-state index in [4.69, 9.17) is 19.4 Å². The summed E-state index contributed by atoms with van der Waals surface area (Å²) in [4.78, 5) is 58.7. The molecular weight excluding hydrogens is 658 g/mol. The maximum Gasteiger partial charge on any atom is 0.411 e. The number of carbonyl (C=O) groups is 3. The van der Waals surface area contributed by atoms with E-state index in [-0.39, 0.29) is 42.1 Å². The molecule has 2 aromatic carbocycles. The Kier molecular flexibility index (Phi) is 9.23. The summed E-state index contributed by atoms with van der Waals surface area (Å²) >= 11 is 0. The summed E-state index contributed by atoms with van der Waals surface area (Å²) in [5.41, 5.74) is 2.69. The summed E-state index contributed by atoms with van der Waals surface area (Å²) < 4.78 is 10.5. The van der Waals surface area contributed by atoms with E-state index >= 15 is 0 Å². The summed E-state index contributed by atoms with van der Waals surface area (Å²) in [5.74, 6) is 8.15. The maximum atomic E-state index is 13.7. The zero-order valence-electron chi connectivity index (χ0n) is 30.8. The van der Waals surface area contributed by atoms with Crippen LogP contribution in [0.25, 0.3) is 22.0 Å². The number of nitrogens with one attached hydrogen (secondary N) is 3. The molecule has 3 N–H and O–H groups in total. The zero-order valence-corrected chi connectivity index (χ0v) is 30.8. The molecular formula is C40H47N7O5. The van der Waals surface area contributed by atoms with Gasteiger partial charge in [-0.25, -0.2) is 19.6 Å². The van der Waals surface area contributed by atoms with Crippen molar-refractivity contribution in [1.82, 2.24) is 35.1 Å². The van der Waals surface area contributed by atoms with Crippen molar-refractivity contribution < 1.29 is 23.9 Å². The predicted octanol–water partition coefficient (Wildman–Crippen LogP) is 6.86. The van der Waals surface area contributed by atoms with Gasteiger partial charge in [-0.3, -0.25) is 9.69 Å². The minimum Gasteiger partial charge on any atom is -0.453 e. The summed E-state index contributed by atoms with van der Waals surface area (Å²) in [5, 5.41) is 4.82. The van der Waals surface area contributed by atoms with E-state index in [1.165, 1.54) is 7.11 Å². The summed E-state index contributed by atoms with van der Waals surface area (Å²) in [7, 11) is 1.29. The lowest BCUT2D eigenvalue weighted by Gasteiger charge is -2.32. The lowest BCUT2D eigenvalue weighted by atomic mass is 10.0. The van der Waals surface area contributed by atoms with Gasteiger partial charge in [0.25, 0.3) is 0 Å². The fraction of sp³-hybridized carbons (Fsp3) is 0.475. The predicted molar refractivity (Wildman–Crippen MR) is 196 cm³/mol. The molecule has 7 rings (SSSR count). The number of ether oxygens (including phenoxy) is 2. The highest BCUT2D eigenvalue weighted by molar-refractivity contribution is 5.88. The van der Waals surface area contributed by atoms with Crippen molar-refractivity contribution in [2.24, 2.45) is 11.8 Å². The van der Waals surface area contributed by atoms with Crippen molar-refractivity contribution in [2.75, 3.05) is 7.11 Å². The van der Waals surface area contributed by atoms with Crippen LogP contribution in [0, 0.1) is 23.7 Å². The molecule has 2 saturated heterocycles. The smallest absolute Gasteiger partial charge is 0.411 e. The maximum absolute atomic E-state index is 13.7. The third kappa shape index (κ3) is 7.09. The lowest BCUT2D eigenvalue weighted by molar-refractivity contribution is -0.137. The fourth-order valence-corrected chi connectivity index (χ4v) is 7.61. The standard InChI is InChI=1S/C40H47N7O5/c1-22(2)34(45-38(49)51-7)37(48)46-23(3)8-15-31(46)35-42-21-30(44-35)27-13-12-25-16-24(9-11-26(25)17-27)10-14-29-20-41-36(43-29)33-19-28-18-32(28)47(33)39(50)52-40(4,5)6/h9,11-13,16-17,20-23,28,31-34H,8,15,18-19H2,1-7H3,(H,41,43)(H,42,44)(H,45,49)/t23-,28-,31+,32?,33+,34+/m1/s1. The number of amides is 3. The third-order valence-electron chi connectivity index (χ3n) is 10.3. The molecule has 1 aliphatic carbocycles. The Hall–Kier alpha value is -5.31. The van der Waals surface area contributed by atoms with Gasteiger partial charge in [-0.15, -0.1) is 0 Å². The Morgan fingerprint density at radius 1 is 0.923 bits per heavy atom. The van der Waals surface area contributed by atoms with E-state index in [1.807, 2.05) is 69.7 Å². The number of H-pyrrole nitrogens is 2. The van der Waals surface area contributed by atoms with Gasteiger partial charge >= 0.3 is 12.2 Å². The monoisotopic (exact) mass is 705 g/mol. The second-order valence-corrected chi connectivity index (χ2v) is 15.6. The van der Waals surface area contributed by atoms with Gasteiger partial charge in [-0.05, 0) is 100 Å². The number of hydrogen-bond acceptors (Lipinski definition) is 7.